The van der Waals surface area contributed by atoms with Gasteiger partial charge >= 0.3 is 0 Å². The number of nitrogens with one attached hydrogen (secondary N) is 1. The summed E-state index contributed by atoms with van der Waals surface area (Å²) >= 11 is 1.38. The molecule has 3 N–H and O–H groups in total. The van der Waals surface area contributed by atoms with Crippen molar-refractivity contribution in [1.82, 2.24) is 4.90 Å². The predicted molar refractivity (Wildman–Crippen MR) is 114 cm³/mol. The summed E-state index contributed by atoms with van der Waals surface area (Å²) < 4.78 is 15.9. The fraction of sp³-hybridized carbons (Fsp3) is 0.368. The van der Waals surface area contributed by atoms with Gasteiger partial charge in [0.15, 0.2) is 11.5 Å². The first kappa shape index (κ1) is 22.8. The average Bonchev–Trinajstić information content (AvgIpc) is 3.03. The summed E-state index contributed by atoms with van der Waals surface area (Å²) in [4.78, 5) is 28.1. The van der Waals surface area contributed by atoms with Crippen molar-refractivity contribution in [3.8, 4) is 17.2 Å². The van der Waals surface area contributed by atoms with Crippen LogP contribution in [0.3, 0.4) is 0 Å². The number of thiophene rings is 1. The Labute approximate surface area is 179 Å². The third-order valence-electron chi connectivity index (χ3n) is 4.65. The summed E-state index contributed by atoms with van der Waals surface area (Å²) in [6, 6.07) is 3.11. The summed E-state index contributed by atoms with van der Waals surface area (Å²) in [6.45, 7) is 1.56. The Morgan fingerprint density at radius 2 is 1.76 bits per heavy atom. The van der Waals surface area contributed by atoms with Crippen molar-refractivity contribution in [1.29, 1.82) is 0 Å². The summed E-state index contributed by atoms with van der Waals surface area (Å²) in [5.41, 5.74) is 7.24. The lowest BCUT2D eigenvalue weighted by atomic mass is 10.0. The van der Waals surface area contributed by atoms with Gasteiger partial charge in [-0.15, -0.1) is 23.7 Å². The predicted octanol–water partition coefficient (Wildman–Crippen LogP) is 2.53. The zero-order chi connectivity index (χ0) is 20.4. The third kappa shape index (κ3) is 4.42. The smallest absolute Gasteiger partial charge is 0.256 e. The molecule has 158 valence electrons. The first-order chi connectivity index (χ1) is 13.4. The molecule has 0 saturated heterocycles. The van der Waals surface area contributed by atoms with E-state index in [9.17, 15) is 9.59 Å². The van der Waals surface area contributed by atoms with Gasteiger partial charge in [-0.25, -0.2) is 0 Å². The van der Waals surface area contributed by atoms with Gasteiger partial charge in [0, 0.05) is 23.5 Å². The molecule has 1 aromatic heterocycles. The molecule has 2 heterocycles. The largest absolute Gasteiger partial charge is 0.493 e. The highest BCUT2D eigenvalue weighted by molar-refractivity contribution is 7.17. The number of hydrogen-bond donors (Lipinski definition) is 2. The number of hydrogen-bond acceptors (Lipinski definition) is 7. The molecule has 0 atom stereocenters. The molecule has 1 aromatic carbocycles. The summed E-state index contributed by atoms with van der Waals surface area (Å²) in [7, 11) is 6.47. The van der Waals surface area contributed by atoms with Gasteiger partial charge in [0.25, 0.3) is 11.8 Å². The van der Waals surface area contributed by atoms with E-state index in [-0.39, 0.29) is 12.4 Å². The van der Waals surface area contributed by atoms with Crippen LogP contribution >= 0.6 is 23.7 Å². The van der Waals surface area contributed by atoms with E-state index in [1.54, 1.807) is 12.1 Å². The highest BCUT2D eigenvalue weighted by atomic mass is 35.5. The maximum absolute atomic E-state index is 12.9. The molecule has 0 aliphatic carbocycles. The number of carbonyl (C=O) groups excluding carboxylic acids is 2. The van der Waals surface area contributed by atoms with Crippen LogP contribution in [0, 0.1) is 0 Å². The number of fused-ring (bicyclic) bond motifs is 1. The van der Waals surface area contributed by atoms with Crippen molar-refractivity contribution < 1.29 is 23.8 Å². The molecular weight excluding hydrogens is 418 g/mol. The maximum Gasteiger partial charge on any atom is 0.256 e. The second kappa shape index (κ2) is 9.34. The van der Waals surface area contributed by atoms with Gasteiger partial charge in [0.1, 0.15) is 5.00 Å². The molecule has 1 aliphatic rings. The second-order valence-electron chi connectivity index (χ2n) is 6.43. The monoisotopic (exact) mass is 441 g/mol. The van der Waals surface area contributed by atoms with Gasteiger partial charge in [0.2, 0.25) is 5.75 Å². The molecule has 29 heavy (non-hydrogen) atoms. The second-order valence-corrected chi connectivity index (χ2v) is 7.53. The number of benzene rings is 1. The molecule has 1 aliphatic heterocycles. The molecule has 0 saturated carbocycles. The Hall–Kier alpha value is -2.49. The fourth-order valence-electron chi connectivity index (χ4n) is 3.27. The van der Waals surface area contributed by atoms with E-state index in [0.717, 1.165) is 30.0 Å². The lowest BCUT2D eigenvalue weighted by Gasteiger charge is -2.22. The highest BCUT2D eigenvalue weighted by Gasteiger charge is 2.27. The zero-order valence-corrected chi connectivity index (χ0v) is 18.3. The number of likely N-dealkylation sites (N-methyl/N-ethyl adjacent to an activating group) is 1. The van der Waals surface area contributed by atoms with Gasteiger partial charge in [-0.05, 0) is 31.2 Å². The fourth-order valence-corrected chi connectivity index (χ4v) is 4.60. The number of rotatable bonds is 6. The van der Waals surface area contributed by atoms with Gasteiger partial charge in [-0.3, -0.25) is 9.59 Å². The quantitative estimate of drug-likeness (QED) is 0.714. The number of methoxy groups -OCH3 is 3. The number of nitrogens with zero attached hydrogens (tertiary/aromatic N) is 1. The number of carbonyl (C=O) groups is 2. The van der Waals surface area contributed by atoms with Crippen LogP contribution in [0.4, 0.5) is 5.00 Å². The van der Waals surface area contributed by atoms with Crippen LogP contribution in [-0.2, 0) is 13.0 Å². The van der Waals surface area contributed by atoms with Crippen molar-refractivity contribution >= 4 is 40.6 Å². The van der Waals surface area contributed by atoms with Gasteiger partial charge in [-0.2, -0.15) is 0 Å². The van der Waals surface area contributed by atoms with E-state index in [0.29, 0.717) is 33.4 Å². The molecule has 8 nitrogen and oxygen atoms in total. The van der Waals surface area contributed by atoms with Crippen LogP contribution in [0.5, 0.6) is 17.2 Å². The standard InChI is InChI=1S/C19H23N3O5S.ClH/c1-22-6-5-11-14(9-22)28-19(15(11)17(20)23)21-18(24)10-7-12(25-2)16(27-4)13(8-10)26-3;/h7-8H,5-6,9H2,1-4H3,(H2,20,23)(H,21,24);1H. The number of halogens is 1. The SMILES string of the molecule is COc1cc(C(=O)Nc2sc3c(c2C(N)=O)CCN(C)C3)cc(OC)c1OC.Cl. The molecule has 0 fully saturated rings. The van der Waals surface area contributed by atoms with Crippen LogP contribution in [-0.4, -0.2) is 51.6 Å². The van der Waals surface area contributed by atoms with Crippen LogP contribution in [0.25, 0.3) is 0 Å². The number of amides is 2. The third-order valence-corrected chi connectivity index (χ3v) is 5.78. The van der Waals surface area contributed by atoms with Gasteiger partial charge < -0.3 is 30.2 Å². The first-order valence-electron chi connectivity index (χ1n) is 8.63. The van der Waals surface area contributed by atoms with Crippen molar-refractivity contribution in [2.24, 2.45) is 5.73 Å². The Morgan fingerprint density at radius 3 is 2.28 bits per heavy atom. The molecule has 0 radical (unpaired) electrons. The average molecular weight is 442 g/mol. The topological polar surface area (TPSA) is 103 Å². The molecule has 0 bridgehead atoms. The van der Waals surface area contributed by atoms with Crippen LogP contribution in [0.1, 0.15) is 31.2 Å². The van der Waals surface area contributed by atoms with E-state index in [2.05, 4.69) is 10.2 Å². The molecule has 0 spiro atoms. The van der Waals surface area contributed by atoms with E-state index < -0.39 is 11.8 Å². The van der Waals surface area contributed by atoms with Gasteiger partial charge in [0.05, 0.1) is 26.9 Å². The minimum absolute atomic E-state index is 0. The van der Waals surface area contributed by atoms with Crippen molar-refractivity contribution in [3.63, 3.8) is 0 Å². The Bertz CT molecular complexity index is 906. The number of nitrogens with two attached hydrogens (primary N) is 1. The minimum atomic E-state index is -0.540. The van der Waals surface area contributed by atoms with Crippen molar-refractivity contribution in [2.75, 3.05) is 40.2 Å². The van der Waals surface area contributed by atoms with Crippen molar-refractivity contribution in [3.05, 3.63) is 33.7 Å². The molecule has 2 amide bonds. The van der Waals surface area contributed by atoms with Crippen LogP contribution in [0.15, 0.2) is 12.1 Å². The van der Waals surface area contributed by atoms with Gasteiger partial charge in [-0.1, -0.05) is 0 Å². The lowest BCUT2D eigenvalue weighted by molar-refractivity contribution is 0.1000. The van der Waals surface area contributed by atoms with E-state index >= 15 is 0 Å². The Morgan fingerprint density at radius 1 is 1.14 bits per heavy atom. The highest BCUT2D eigenvalue weighted by Crippen LogP contribution is 2.40. The summed E-state index contributed by atoms with van der Waals surface area (Å²) in [6.07, 6.45) is 0.723. The number of primary amides is 1. The number of anilines is 1. The molecule has 10 heteroatoms. The molecule has 0 unspecified atom stereocenters. The van der Waals surface area contributed by atoms with E-state index in [1.165, 1.54) is 32.7 Å². The number of ether oxygens (including phenoxy) is 3. The normalized spacial score (nSPS) is 13.1. The van der Waals surface area contributed by atoms with E-state index in [1.807, 2.05) is 7.05 Å². The Kier molecular flexibility index (Phi) is 7.34. The minimum Gasteiger partial charge on any atom is -0.493 e. The lowest BCUT2D eigenvalue weighted by Crippen LogP contribution is -2.27. The maximum atomic E-state index is 12.9. The molecule has 2 aromatic rings. The molecular formula is C19H24ClN3O5S. The summed E-state index contributed by atoms with van der Waals surface area (Å²) in [5, 5.41) is 3.29. The van der Waals surface area contributed by atoms with Crippen LogP contribution in [0.2, 0.25) is 0 Å². The van der Waals surface area contributed by atoms with E-state index in [4.69, 9.17) is 19.9 Å². The zero-order valence-electron chi connectivity index (χ0n) is 16.7. The Balaban J connectivity index is 0.00000300. The van der Waals surface area contributed by atoms with Crippen molar-refractivity contribution in [2.45, 2.75) is 13.0 Å². The van der Waals surface area contributed by atoms with Crippen LogP contribution < -0.4 is 25.3 Å². The first-order valence-corrected chi connectivity index (χ1v) is 9.45. The molecule has 3 rings (SSSR count). The summed E-state index contributed by atoms with van der Waals surface area (Å²) in [5.74, 6) is 0.202.